The molecular formula is C14H19N3OS. The first-order valence-electron chi connectivity index (χ1n) is 6.69. The number of carbonyl (C=O) groups is 1. The lowest BCUT2D eigenvalue weighted by molar-refractivity contribution is -0.122. The molecule has 0 radical (unpaired) electrons. The summed E-state index contributed by atoms with van der Waals surface area (Å²) in [4.78, 5) is 15.5. The molecule has 2 heterocycles. The third-order valence-electron chi connectivity index (χ3n) is 3.32. The lowest BCUT2D eigenvalue weighted by Crippen LogP contribution is -2.43. The van der Waals surface area contributed by atoms with Crippen LogP contribution in [0.4, 0.5) is 0 Å². The van der Waals surface area contributed by atoms with Crippen molar-refractivity contribution in [2.24, 2.45) is 0 Å². The van der Waals surface area contributed by atoms with E-state index in [9.17, 15) is 4.79 Å². The predicted molar refractivity (Wildman–Crippen MR) is 75.8 cm³/mol. The van der Waals surface area contributed by atoms with Crippen LogP contribution in [0.5, 0.6) is 0 Å². The van der Waals surface area contributed by atoms with Crippen molar-refractivity contribution in [3.05, 3.63) is 21.9 Å². The zero-order valence-corrected chi connectivity index (χ0v) is 12.0. The van der Waals surface area contributed by atoms with E-state index in [1.165, 1.54) is 10.4 Å². The number of nitrogens with one attached hydrogen (secondary N) is 1. The van der Waals surface area contributed by atoms with Crippen molar-refractivity contribution < 1.29 is 4.79 Å². The first-order valence-corrected chi connectivity index (χ1v) is 7.57. The Labute approximate surface area is 118 Å². The number of amides is 1. The molecule has 1 amide bonds. The minimum absolute atomic E-state index is 0.0429. The number of carbonyl (C=O) groups excluding carboxylic acids is 1. The summed E-state index contributed by atoms with van der Waals surface area (Å²) in [6.45, 7) is 4.17. The van der Waals surface area contributed by atoms with Gasteiger partial charge in [-0.25, -0.2) is 0 Å². The third-order valence-corrected chi connectivity index (χ3v) is 4.35. The Hall–Kier alpha value is -1.38. The fourth-order valence-electron chi connectivity index (χ4n) is 2.34. The van der Waals surface area contributed by atoms with Crippen LogP contribution in [0.15, 0.2) is 11.4 Å². The average Bonchev–Trinajstić information content (AvgIpc) is 2.85. The van der Waals surface area contributed by atoms with Crippen LogP contribution in [-0.2, 0) is 17.8 Å². The van der Waals surface area contributed by atoms with Gasteiger partial charge in [-0.1, -0.05) is 13.3 Å². The molecule has 5 heteroatoms. The zero-order valence-electron chi connectivity index (χ0n) is 11.2. The van der Waals surface area contributed by atoms with Crippen LogP contribution in [0.1, 0.15) is 30.2 Å². The summed E-state index contributed by atoms with van der Waals surface area (Å²) in [7, 11) is 0. The minimum atomic E-state index is -0.348. The Balaban J connectivity index is 1.82. The van der Waals surface area contributed by atoms with E-state index >= 15 is 0 Å². The van der Waals surface area contributed by atoms with E-state index in [0.717, 1.165) is 32.4 Å². The molecule has 0 bridgehead atoms. The van der Waals surface area contributed by atoms with Gasteiger partial charge >= 0.3 is 0 Å². The Bertz CT molecular complexity index is 477. The molecule has 1 aromatic heterocycles. The van der Waals surface area contributed by atoms with E-state index in [-0.39, 0.29) is 11.9 Å². The molecule has 0 saturated carbocycles. The van der Waals surface area contributed by atoms with Crippen LogP contribution in [0, 0.1) is 11.3 Å². The van der Waals surface area contributed by atoms with Crippen molar-refractivity contribution in [2.45, 2.75) is 38.8 Å². The van der Waals surface area contributed by atoms with Crippen molar-refractivity contribution in [1.82, 2.24) is 10.2 Å². The highest BCUT2D eigenvalue weighted by molar-refractivity contribution is 7.10. The van der Waals surface area contributed by atoms with Crippen molar-refractivity contribution >= 4 is 17.2 Å². The molecular weight excluding hydrogens is 258 g/mol. The lowest BCUT2D eigenvalue weighted by Gasteiger charge is -2.26. The summed E-state index contributed by atoms with van der Waals surface area (Å²) in [5.74, 6) is -0.0429. The van der Waals surface area contributed by atoms with Gasteiger partial charge in [0, 0.05) is 18.0 Å². The van der Waals surface area contributed by atoms with E-state index in [4.69, 9.17) is 5.26 Å². The number of thiophene rings is 1. The predicted octanol–water partition coefficient (Wildman–Crippen LogP) is 1.91. The van der Waals surface area contributed by atoms with Gasteiger partial charge in [0.25, 0.3) is 0 Å². The fourth-order valence-corrected chi connectivity index (χ4v) is 3.23. The Morgan fingerprint density at radius 1 is 1.68 bits per heavy atom. The summed E-state index contributed by atoms with van der Waals surface area (Å²) in [5.41, 5.74) is 1.34. The molecule has 0 spiro atoms. The monoisotopic (exact) mass is 277 g/mol. The van der Waals surface area contributed by atoms with Gasteiger partial charge in [0.05, 0.1) is 12.6 Å². The molecule has 0 aromatic carbocycles. The summed E-state index contributed by atoms with van der Waals surface area (Å²) < 4.78 is 0. The SMILES string of the molecule is CCC[C@H](C#N)NC(=O)CN1CCc2sccc2C1. The van der Waals surface area contributed by atoms with Crippen LogP contribution in [-0.4, -0.2) is 29.9 Å². The molecule has 0 aliphatic carbocycles. The van der Waals surface area contributed by atoms with Crippen LogP contribution in [0.3, 0.4) is 0 Å². The van der Waals surface area contributed by atoms with Gasteiger partial charge in [-0.05, 0) is 29.9 Å². The van der Waals surface area contributed by atoms with Gasteiger partial charge in [0.1, 0.15) is 6.04 Å². The number of hydrogen-bond donors (Lipinski definition) is 1. The quantitative estimate of drug-likeness (QED) is 0.894. The van der Waals surface area contributed by atoms with Crippen molar-refractivity contribution in [2.75, 3.05) is 13.1 Å². The van der Waals surface area contributed by atoms with E-state index in [1.54, 1.807) is 11.3 Å². The molecule has 0 unspecified atom stereocenters. The molecule has 1 aliphatic heterocycles. The summed E-state index contributed by atoms with van der Waals surface area (Å²) in [6.07, 6.45) is 2.65. The molecule has 19 heavy (non-hydrogen) atoms. The summed E-state index contributed by atoms with van der Waals surface area (Å²) >= 11 is 1.80. The van der Waals surface area contributed by atoms with E-state index in [0.29, 0.717) is 6.54 Å². The largest absolute Gasteiger partial charge is 0.339 e. The molecule has 0 fully saturated rings. The second-order valence-electron chi connectivity index (χ2n) is 4.87. The van der Waals surface area contributed by atoms with Crippen LogP contribution in [0.2, 0.25) is 0 Å². The number of rotatable bonds is 5. The summed E-state index contributed by atoms with van der Waals surface area (Å²) in [5, 5.41) is 13.8. The maximum atomic E-state index is 11.9. The lowest BCUT2D eigenvalue weighted by atomic mass is 10.1. The molecule has 1 atom stereocenters. The molecule has 2 rings (SSSR count). The fraction of sp³-hybridized carbons (Fsp3) is 0.571. The highest BCUT2D eigenvalue weighted by Gasteiger charge is 2.20. The molecule has 1 aliphatic rings. The normalized spacial score (nSPS) is 16.4. The van der Waals surface area contributed by atoms with Gasteiger partial charge in [0.2, 0.25) is 5.91 Å². The van der Waals surface area contributed by atoms with Crippen molar-refractivity contribution in [3.63, 3.8) is 0 Å². The topological polar surface area (TPSA) is 56.1 Å². The van der Waals surface area contributed by atoms with Crippen LogP contribution in [0.25, 0.3) is 0 Å². The Morgan fingerprint density at radius 3 is 3.26 bits per heavy atom. The number of fused-ring (bicyclic) bond motifs is 1. The second kappa shape index (κ2) is 6.69. The third kappa shape index (κ3) is 3.79. The number of nitriles is 1. The number of hydrogen-bond acceptors (Lipinski definition) is 4. The maximum Gasteiger partial charge on any atom is 0.235 e. The minimum Gasteiger partial charge on any atom is -0.339 e. The second-order valence-corrected chi connectivity index (χ2v) is 5.87. The van der Waals surface area contributed by atoms with Crippen molar-refractivity contribution in [1.29, 1.82) is 5.26 Å². The molecule has 4 nitrogen and oxygen atoms in total. The van der Waals surface area contributed by atoms with Crippen LogP contribution >= 0.6 is 11.3 Å². The van der Waals surface area contributed by atoms with Gasteiger partial charge in [-0.15, -0.1) is 11.3 Å². The standard InChI is InChI=1S/C14H19N3OS/c1-2-3-12(8-15)16-14(18)10-17-6-4-13-11(9-17)5-7-19-13/h5,7,12H,2-4,6,9-10H2,1H3,(H,16,18)/t12-/m1/s1. The molecule has 0 saturated heterocycles. The van der Waals surface area contributed by atoms with Gasteiger partial charge in [0.15, 0.2) is 0 Å². The van der Waals surface area contributed by atoms with Crippen molar-refractivity contribution in [3.8, 4) is 6.07 Å². The maximum absolute atomic E-state index is 11.9. The molecule has 102 valence electrons. The van der Waals surface area contributed by atoms with Crippen LogP contribution < -0.4 is 5.32 Å². The highest BCUT2D eigenvalue weighted by atomic mass is 32.1. The average molecular weight is 277 g/mol. The summed E-state index contributed by atoms with van der Waals surface area (Å²) in [6, 6.07) is 3.92. The van der Waals surface area contributed by atoms with E-state index in [2.05, 4.69) is 27.7 Å². The van der Waals surface area contributed by atoms with Gasteiger partial charge in [-0.2, -0.15) is 5.26 Å². The van der Waals surface area contributed by atoms with E-state index < -0.39 is 0 Å². The van der Waals surface area contributed by atoms with E-state index in [1.807, 2.05) is 6.92 Å². The molecule has 1 N–H and O–H groups in total. The first-order chi connectivity index (χ1) is 9.22. The number of nitrogens with zero attached hydrogens (tertiary/aromatic N) is 2. The Kier molecular flexibility index (Phi) is 4.94. The molecule has 1 aromatic rings. The smallest absolute Gasteiger partial charge is 0.235 e. The highest BCUT2D eigenvalue weighted by Crippen LogP contribution is 2.23. The zero-order chi connectivity index (χ0) is 13.7. The van der Waals surface area contributed by atoms with Gasteiger partial charge < -0.3 is 5.32 Å². The Morgan fingerprint density at radius 2 is 2.53 bits per heavy atom. The first kappa shape index (κ1) is 14.0. The van der Waals surface area contributed by atoms with Gasteiger partial charge in [-0.3, -0.25) is 9.69 Å².